The number of aliphatic hydroxyl groups excluding tert-OH is 1. The first-order chi connectivity index (χ1) is 3.93. The van der Waals surface area contributed by atoms with Crippen LogP contribution in [0.25, 0.3) is 0 Å². The summed E-state index contributed by atoms with van der Waals surface area (Å²) >= 11 is 1.17. The van der Waals surface area contributed by atoms with Crippen LogP contribution >= 0.6 is 11.7 Å². The highest BCUT2D eigenvalue weighted by molar-refractivity contribution is 6.99. The molecule has 0 spiro atoms. The molecule has 0 fully saturated rings. The molecule has 0 aliphatic heterocycles. The lowest BCUT2D eigenvalue weighted by molar-refractivity contribution is 0.298. The topological polar surface area (TPSA) is 46.0 Å². The van der Waals surface area contributed by atoms with E-state index in [1.807, 2.05) is 0 Å². The summed E-state index contributed by atoms with van der Waals surface area (Å²) < 4.78 is 7.64. The van der Waals surface area contributed by atoms with Crippen LogP contribution in [0.3, 0.4) is 0 Å². The summed E-state index contributed by atoms with van der Waals surface area (Å²) in [6, 6.07) is 0. The Morgan fingerprint density at radius 2 is 2.62 bits per heavy atom. The third kappa shape index (κ3) is 1.24. The monoisotopic (exact) mass is 130 g/mol. The van der Waals surface area contributed by atoms with Crippen LogP contribution in [-0.4, -0.2) is 20.5 Å². The Hall–Kier alpha value is -0.480. The Balaban J connectivity index is 2.50. The van der Waals surface area contributed by atoms with Crippen molar-refractivity contribution in [3.63, 3.8) is 0 Å². The number of aliphatic hydroxyl groups is 1. The second-order valence-corrected chi connectivity index (χ2v) is 1.93. The van der Waals surface area contributed by atoms with Gasteiger partial charge in [0, 0.05) is 13.0 Å². The zero-order chi connectivity index (χ0) is 5.82. The maximum absolute atomic E-state index is 8.37. The predicted octanol–water partition coefficient (Wildman–Crippen LogP) is 0.0729. The zero-order valence-corrected chi connectivity index (χ0v) is 5.06. The molecule has 0 aliphatic rings. The summed E-state index contributed by atoms with van der Waals surface area (Å²) in [5.41, 5.74) is 0.873. The highest BCUT2D eigenvalue weighted by Crippen LogP contribution is 1.93. The number of aromatic nitrogens is 2. The quantitative estimate of drug-likeness (QED) is 0.616. The fourth-order valence-electron chi connectivity index (χ4n) is 0.409. The van der Waals surface area contributed by atoms with Crippen LogP contribution in [0.5, 0.6) is 0 Å². The molecule has 1 aromatic rings. The van der Waals surface area contributed by atoms with E-state index in [0.29, 0.717) is 6.42 Å². The van der Waals surface area contributed by atoms with Crippen molar-refractivity contribution in [2.45, 2.75) is 6.42 Å². The average Bonchev–Trinajstić information content (AvgIpc) is 2.19. The second-order valence-electron chi connectivity index (χ2n) is 1.37. The molecule has 0 saturated heterocycles. The van der Waals surface area contributed by atoms with Crippen molar-refractivity contribution in [1.29, 1.82) is 0 Å². The molecule has 0 atom stereocenters. The standard InChI is InChI=1S/C4H6N2OS/c7-2-1-4-3-5-8-6-4/h3,7H,1-2H2. The van der Waals surface area contributed by atoms with Gasteiger partial charge in [0.05, 0.1) is 23.6 Å². The van der Waals surface area contributed by atoms with Crippen LogP contribution in [0.2, 0.25) is 0 Å². The van der Waals surface area contributed by atoms with E-state index in [9.17, 15) is 0 Å². The number of nitrogens with zero attached hydrogens (tertiary/aromatic N) is 2. The van der Waals surface area contributed by atoms with E-state index in [1.165, 1.54) is 11.7 Å². The molecule has 1 aromatic heterocycles. The average molecular weight is 130 g/mol. The summed E-state index contributed by atoms with van der Waals surface area (Å²) in [7, 11) is 0. The largest absolute Gasteiger partial charge is 0.396 e. The molecule has 4 heteroatoms. The van der Waals surface area contributed by atoms with Gasteiger partial charge in [-0.3, -0.25) is 0 Å². The summed E-state index contributed by atoms with van der Waals surface area (Å²) in [6.45, 7) is 0.158. The van der Waals surface area contributed by atoms with Gasteiger partial charge in [0.1, 0.15) is 0 Å². The van der Waals surface area contributed by atoms with Gasteiger partial charge in [0.25, 0.3) is 0 Å². The molecule has 8 heavy (non-hydrogen) atoms. The van der Waals surface area contributed by atoms with Gasteiger partial charge >= 0.3 is 0 Å². The molecule has 0 radical (unpaired) electrons. The first-order valence-corrected chi connectivity index (χ1v) is 3.04. The van der Waals surface area contributed by atoms with Gasteiger partial charge < -0.3 is 5.11 Å². The lowest BCUT2D eigenvalue weighted by atomic mass is 10.4. The first-order valence-electron chi connectivity index (χ1n) is 2.31. The smallest absolute Gasteiger partial charge is 0.0765 e. The Morgan fingerprint density at radius 3 is 3.12 bits per heavy atom. The summed E-state index contributed by atoms with van der Waals surface area (Å²) in [5.74, 6) is 0. The Bertz CT molecular complexity index is 140. The maximum Gasteiger partial charge on any atom is 0.0765 e. The third-order valence-electron chi connectivity index (χ3n) is 0.775. The second kappa shape index (κ2) is 2.74. The number of hydrogen-bond acceptors (Lipinski definition) is 4. The van der Waals surface area contributed by atoms with Crippen molar-refractivity contribution >= 4 is 11.7 Å². The van der Waals surface area contributed by atoms with Crippen molar-refractivity contribution in [3.05, 3.63) is 11.9 Å². The molecule has 1 heterocycles. The van der Waals surface area contributed by atoms with E-state index in [0.717, 1.165) is 5.69 Å². The van der Waals surface area contributed by atoms with E-state index < -0.39 is 0 Å². The fraction of sp³-hybridized carbons (Fsp3) is 0.500. The van der Waals surface area contributed by atoms with Crippen molar-refractivity contribution in [2.24, 2.45) is 0 Å². The number of hydrogen-bond donors (Lipinski definition) is 1. The van der Waals surface area contributed by atoms with Gasteiger partial charge in [-0.15, -0.1) is 0 Å². The lowest BCUT2D eigenvalue weighted by Gasteiger charge is -1.82. The highest BCUT2D eigenvalue weighted by atomic mass is 32.1. The summed E-state index contributed by atoms with van der Waals surface area (Å²) in [5, 5.41) is 8.37. The molecule has 0 saturated carbocycles. The molecule has 44 valence electrons. The van der Waals surface area contributed by atoms with Gasteiger partial charge in [-0.1, -0.05) is 0 Å². The van der Waals surface area contributed by atoms with Gasteiger partial charge in [0.15, 0.2) is 0 Å². The van der Waals surface area contributed by atoms with Crippen LogP contribution in [-0.2, 0) is 6.42 Å². The van der Waals surface area contributed by atoms with Gasteiger partial charge in [-0.25, -0.2) is 0 Å². The first kappa shape index (κ1) is 5.65. The molecular weight excluding hydrogens is 124 g/mol. The van der Waals surface area contributed by atoms with E-state index in [4.69, 9.17) is 5.11 Å². The molecule has 0 unspecified atom stereocenters. The van der Waals surface area contributed by atoms with Gasteiger partial charge in [0.2, 0.25) is 0 Å². The summed E-state index contributed by atoms with van der Waals surface area (Å²) in [6.07, 6.45) is 2.29. The minimum atomic E-state index is 0.158. The molecule has 1 rings (SSSR count). The van der Waals surface area contributed by atoms with Crippen molar-refractivity contribution in [1.82, 2.24) is 8.75 Å². The van der Waals surface area contributed by atoms with Crippen LogP contribution in [0.4, 0.5) is 0 Å². The molecule has 0 aliphatic carbocycles. The fourth-order valence-corrected chi connectivity index (χ4v) is 0.868. The van der Waals surface area contributed by atoms with Crippen LogP contribution in [0.15, 0.2) is 6.20 Å². The maximum atomic E-state index is 8.37. The Morgan fingerprint density at radius 1 is 1.75 bits per heavy atom. The SMILES string of the molecule is OCCc1cnsn1. The molecule has 3 nitrogen and oxygen atoms in total. The highest BCUT2D eigenvalue weighted by Gasteiger charge is 1.90. The normalized spacial score (nSPS) is 9.62. The Kier molecular flexibility index (Phi) is 1.93. The minimum absolute atomic E-state index is 0.158. The van der Waals surface area contributed by atoms with E-state index in [-0.39, 0.29) is 6.61 Å². The van der Waals surface area contributed by atoms with Crippen LogP contribution in [0, 0.1) is 0 Å². The van der Waals surface area contributed by atoms with E-state index in [2.05, 4.69) is 8.75 Å². The van der Waals surface area contributed by atoms with Crippen molar-refractivity contribution in [2.75, 3.05) is 6.61 Å². The van der Waals surface area contributed by atoms with Crippen molar-refractivity contribution in [3.8, 4) is 0 Å². The lowest BCUT2D eigenvalue weighted by Crippen LogP contribution is -1.88. The molecular formula is C4H6N2OS. The zero-order valence-electron chi connectivity index (χ0n) is 4.24. The van der Waals surface area contributed by atoms with Gasteiger partial charge in [-0.2, -0.15) is 8.75 Å². The molecule has 1 N–H and O–H groups in total. The third-order valence-corrected chi connectivity index (χ3v) is 1.29. The number of rotatable bonds is 2. The summed E-state index contributed by atoms with van der Waals surface area (Å²) in [4.78, 5) is 0. The van der Waals surface area contributed by atoms with Crippen LogP contribution < -0.4 is 0 Å². The van der Waals surface area contributed by atoms with Gasteiger partial charge in [-0.05, 0) is 0 Å². The molecule has 0 amide bonds. The van der Waals surface area contributed by atoms with Crippen LogP contribution in [0.1, 0.15) is 5.69 Å². The van der Waals surface area contributed by atoms with E-state index >= 15 is 0 Å². The molecule has 0 bridgehead atoms. The van der Waals surface area contributed by atoms with Crippen molar-refractivity contribution < 1.29 is 5.11 Å². The minimum Gasteiger partial charge on any atom is -0.396 e. The van der Waals surface area contributed by atoms with E-state index in [1.54, 1.807) is 6.20 Å². The predicted molar refractivity (Wildman–Crippen MR) is 30.7 cm³/mol. The Labute approximate surface area is 51.3 Å². The molecule has 0 aromatic carbocycles.